The Kier molecular flexibility index (Phi) is 3.41. The topological polar surface area (TPSA) is 33.2 Å². The van der Waals surface area contributed by atoms with Crippen molar-refractivity contribution in [3.63, 3.8) is 0 Å². The van der Waals surface area contributed by atoms with Gasteiger partial charge in [0.05, 0.1) is 5.56 Å². The van der Waals surface area contributed by atoms with Crippen LogP contribution in [0.3, 0.4) is 0 Å². The van der Waals surface area contributed by atoms with Crippen molar-refractivity contribution >= 4 is 5.91 Å². The van der Waals surface area contributed by atoms with Gasteiger partial charge >= 0.3 is 0 Å². The second kappa shape index (κ2) is 5.24. The van der Waals surface area contributed by atoms with Crippen molar-refractivity contribution in [1.82, 2.24) is 9.88 Å². The van der Waals surface area contributed by atoms with Crippen LogP contribution in [0.15, 0.2) is 36.5 Å². The van der Waals surface area contributed by atoms with Crippen molar-refractivity contribution in [2.75, 3.05) is 13.1 Å². The number of pyridine rings is 1. The SMILES string of the molecule is Cc1ccc(C(=O)N2CC(c3ccccn3)C2)c(F)c1F. The van der Waals surface area contributed by atoms with Crippen LogP contribution in [-0.4, -0.2) is 28.9 Å². The Morgan fingerprint density at radius 3 is 2.62 bits per heavy atom. The number of halogens is 2. The minimum absolute atomic E-state index is 0.161. The minimum atomic E-state index is -1.07. The predicted molar refractivity (Wildman–Crippen MR) is 74.0 cm³/mol. The fourth-order valence-electron chi connectivity index (χ4n) is 2.43. The zero-order chi connectivity index (χ0) is 15.0. The summed E-state index contributed by atoms with van der Waals surface area (Å²) < 4.78 is 27.3. The maximum atomic E-state index is 13.8. The van der Waals surface area contributed by atoms with E-state index in [2.05, 4.69) is 4.98 Å². The highest BCUT2D eigenvalue weighted by molar-refractivity contribution is 5.95. The average molecular weight is 288 g/mol. The van der Waals surface area contributed by atoms with Crippen molar-refractivity contribution in [2.24, 2.45) is 0 Å². The number of rotatable bonds is 2. The van der Waals surface area contributed by atoms with E-state index < -0.39 is 17.5 Å². The maximum Gasteiger partial charge on any atom is 0.256 e. The molecule has 5 heteroatoms. The summed E-state index contributed by atoms with van der Waals surface area (Å²) in [5.41, 5.74) is 0.897. The molecule has 1 aliphatic rings. The molecule has 1 aliphatic heterocycles. The van der Waals surface area contributed by atoms with Crippen LogP contribution in [0, 0.1) is 18.6 Å². The molecule has 108 valence electrons. The Bertz CT molecular complexity index is 682. The Hall–Kier alpha value is -2.30. The molecule has 0 radical (unpaired) electrons. The summed E-state index contributed by atoms with van der Waals surface area (Å²) in [6, 6.07) is 8.38. The van der Waals surface area contributed by atoms with E-state index >= 15 is 0 Å². The highest BCUT2D eigenvalue weighted by atomic mass is 19.2. The molecular weight excluding hydrogens is 274 g/mol. The third-order valence-corrected chi connectivity index (χ3v) is 3.78. The van der Waals surface area contributed by atoms with Gasteiger partial charge in [0.15, 0.2) is 11.6 Å². The van der Waals surface area contributed by atoms with E-state index in [-0.39, 0.29) is 17.0 Å². The monoisotopic (exact) mass is 288 g/mol. The van der Waals surface area contributed by atoms with Gasteiger partial charge in [-0.3, -0.25) is 9.78 Å². The highest BCUT2D eigenvalue weighted by Crippen LogP contribution is 2.28. The summed E-state index contributed by atoms with van der Waals surface area (Å²) in [5, 5.41) is 0. The van der Waals surface area contributed by atoms with Crippen LogP contribution in [0.25, 0.3) is 0 Å². The van der Waals surface area contributed by atoms with Crippen molar-refractivity contribution in [1.29, 1.82) is 0 Å². The van der Waals surface area contributed by atoms with E-state index in [1.807, 2.05) is 18.2 Å². The van der Waals surface area contributed by atoms with E-state index in [4.69, 9.17) is 0 Å². The molecule has 0 N–H and O–H groups in total. The van der Waals surface area contributed by atoms with Gasteiger partial charge in [-0.2, -0.15) is 0 Å². The number of nitrogens with zero attached hydrogens (tertiary/aromatic N) is 2. The van der Waals surface area contributed by atoms with Crippen molar-refractivity contribution in [3.05, 3.63) is 65.0 Å². The third-order valence-electron chi connectivity index (χ3n) is 3.78. The van der Waals surface area contributed by atoms with Crippen LogP contribution in [0.4, 0.5) is 8.78 Å². The molecule has 0 aliphatic carbocycles. The molecule has 0 spiro atoms. The van der Waals surface area contributed by atoms with E-state index in [1.165, 1.54) is 24.0 Å². The number of aromatic nitrogens is 1. The van der Waals surface area contributed by atoms with Gasteiger partial charge in [-0.1, -0.05) is 12.1 Å². The lowest BCUT2D eigenvalue weighted by atomic mass is 9.94. The van der Waals surface area contributed by atoms with Gasteiger partial charge in [-0.05, 0) is 30.7 Å². The van der Waals surface area contributed by atoms with E-state index in [0.29, 0.717) is 13.1 Å². The smallest absolute Gasteiger partial charge is 0.256 e. The highest BCUT2D eigenvalue weighted by Gasteiger charge is 2.34. The lowest BCUT2D eigenvalue weighted by Gasteiger charge is -2.39. The summed E-state index contributed by atoms with van der Waals surface area (Å²) in [6.45, 7) is 2.42. The van der Waals surface area contributed by atoms with Gasteiger partial charge in [0.2, 0.25) is 0 Å². The lowest BCUT2D eigenvalue weighted by Crippen LogP contribution is -2.49. The van der Waals surface area contributed by atoms with Gasteiger partial charge in [0, 0.05) is 30.9 Å². The number of amides is 1. The molecule has 0 atom stereocenters. The van der Waals surface area contributed by atoms with Crippen LogP contribution >= 0.6 is 0 Å². The predicted octanol–water partition coefficient (Wildman–Crippen LogP) is 2.91. The number of likely N-dealkylation sites (tertiary alicyclic amines) is 1. The zero-order valence-electron chi connectivity index (χ0n) is 11.5. The molecule has 1 aromatic carbocycles. The molecular formula is C16H14F2N2O. The van der Waals surface area contributed by atoms with Crippen LogP contribution in [-0.2, 0) is 0 Å². The molecule has 0 unspecified atom stereocenters. The van der Waals surface area contributed by atoms with Crippen LogP contribution < -0.4 is 0 Å². The number of aryl methyl sites for hydroxylation is 1. The molecule has 1 fully saturated rings. The number of benzene rings is 1. The molecule has 3 rings (SSSR count). The number of hydrogen-bond donors (Lipinski definition) is 0. The van der Waals surface area contributed by atoms with Crippen molar-refractivity contribution < 1.29 is 13.6 Å². The summed E-state index contributed by atoms with van der Waals surface area (Å²) in [7, 11) is 0. The standard InChI is InChI=1S/C16H14F2N2O/c1-10-5-6-12(15(18)14(10)17)16(21)20-8-11(9-20)13-4-2-3-7-19-13/h2-7,11H,8-9H2,1H3. The lowest BCUT2D eigenvalue weighted by molar-refractivity contribution is 0.0592. The molecule has 0 saturated carbocycles. The van der Waals surface area contributed by atoms with Crippen molar-refractivity contribution in [3.8, 4) is 0 Å². The molecule has 1 saturated heterocycles. The second-order valence-electron chi connectivity index (χ2n) is 5.22. The Balaban J connectivity index is 1.73. The first kappa shape index (κ1) is 13.7. The first-order valence-corrected chi connectivity index (χ1v) is 6.72. The maximum absolute atomic E-state index is 13.8. The number of hydrogen-bond acceptors (Lipinski definition) is 2. The second-order valence-corrected chi connectivity index (χ2v) is 5.22. The normalized spacial score (nSPS) is 14.9. The summed E-state index contributed by atoms with van der Waals surface area (Å²) >= 11 is 0. The largest absolute Gasteiger partial charge is 0.337 e. The molecule has 0 bridgehead atoms. The first-order chi connectivity index (χ1) is 10.1. The molecule has 1 aromatic heterocycles. The number of carbonyl (C=O) groups excluding carboxylic acids is 1. The average Bonchev–Trinajstić information content (AvgIpc) is 2.44. The Morgan fingerprint density at radius 2 is 1.95 bits per heavy atom. The van der Waals surface area contributed by atoms with E-state index in [9.17, 15) is 13.6 Å². The molecule has 2 heterocycles. The van der Waals surface area contributed by atoms with Gasteiger partial charge < -0.3 is 4.90 Å². The van der Waals surface area contributed by atoms with Crippen LogP contribution in [0.5, 0.6) is 0 Å². The molecule has 21 heavy (non-hydrogen) atoms. The van der Waals surface area contributed by atoms with E-state index in [1.54, 1.807) is 6.20 Å². The first-order valence-electron chi connectivity index (χ1n) is 6.72. The van der Waals surface area contributed by atoms with Crippen LogP contribution in [0.2, 0.25) is 0 Å². The molecule has 1 amide bonds. The van der Waals surface area contributed by atoms with E-state index in [0.717, 1.165) is 5.69 Å². The fourth-order valence-corrected chi connectivity index (χ4v) is 2.43. The van der Waals surface area contributed by atoms with Gasteiger partial charge in [0.25, 0.3) is 5.91 Å². The summed E-state index contributed by atoms with van der Waals surface area (Å²) in [6.07, 6.45) is 1.70. The summed E-state index contributed by atoms with van der Waals surface area (Å²) in [5.74, 6) is -2.34. The van der Waals surface area contributed by atoms with Gasteiger partial charge in [-0.15, -0.1) is 0 Å². The Morgan fingerprint density at radius 1 is 1.19 bits per heavy atom. The fraction of sp³-hybridized carbons (Fsp3) is 0.250. The van der Waals surface area contributed by atoms with Gasteiger partial charge in [0.1, 0.15) is 0 Å². The van der Waals surface area contributed by atoms with Crippen LogP contribution in [0.1, 0.15) is 27.5 Å². The molecule has 2 aromatic rings. The summed E-state index contributed by atoms with van der Waals surface area (Å²) in [4.78, 5) is 17.9. The minimum Gasteiger partial charge on any atom is -0.337 e. The molecule has 3 nitrogen and oxygen atoms in total. The van der Waals surface area contributed by atoms with Gasteiger partial charge in [-0.25, -0.2) is 8.78 Å². The zero-order valence-corrected chi connectivity index (χ0v) is 11.5. The Labute approximate surface area is 121 Å². The third kappa shape index (κ3) is 2.39. The number of carbonyl (C=O) groups is 1. The quantitative estimate of drug-likeness (QED) is 0.851. The van der Waals surface area contributed by atoms with Crippen molar-refractivity contribution in [2.45, 2.75) is 12.8 Å².